The number of hydrogen-bond donors (Lipinski definition) is 0. The van der Waals surface area contributed by atoms with Crippen molar-refractivity contribution in [3.05, 3.63) is 137 Å². The Balaban J connectivity index is 1.83. The Bertz CT molecular complexity index is 1630. The molecule has 0 fully saturated rings. The summed E-state index contributed by atoms with van der Waals surface area (Å²) in [4.78, 5) is 18.0. The second-order valence-corrected chi connectivity index (χ2v) is 8.91. The lowest BCUT2D eigenvalue weighted by Crippen LogP contribution is -2.19. The third kappa shape index (κ3) is 4.29. The van der Waals surface area contributed by atoms with Crippen molar-refractivity contribution in [2.24, 2.45) is 0 Å². The first-order chi connectivity index (χ1) is 17.6. The second-order valence-electron chi connectivity index (χ2n) is 8.91. The van der Waals surface area contributed by atoms with Crippen molar-refractivity contribution >= 4 is 33.2 Å². The van der Waals surface area contributed by atoms with E-state index < -0.39 is 0 Å². The average molecular weight is 472 g/mol. The van der Waals surface area contributed by atoms with E-state index in [0.717, 1.165) is 33.8 Å². The molecule has 0 amide bonds. The van der Waals surface area contributed by atoms with Crippen molar-refractivity contribution in [3.63, 3.8) is 0 Å². The van der Waals surface area contributed by atoms with Crippen molar-refractivity contribution in [1.29, 1.82) is 0 Å². The van der Waals surface area contributed by atoms with Crippen molar-refractivity contribution in [2.75, 3.05) is 19.0 Å². The Kier molecular flexibility index (Phi) is 6.42. The third-order valence-corrected chi connectivity index (χ3v) is 6.13. The van der Waals surface area contributed by atoms with Gasteiger partial charge in [0.05, 0.1) is 16.7 Å². The summed E-state index contributed by atoms with van der Waals surface area (Å²) < 4.78 is 2.17. The van der Waals surface area contributed by atoms with Crippen LogP contribution in [0.15, 0.2) is 132 Å². The fourth-order valence-electron chi connectivity index (χ4n) is 4.67. The summed E-state index contributed by atoms with van der Waals surface area (Å²) in [5.41, 5.74) is 5.78. The Morgan fingerprint density at radius 1 is 0.722 bits per heavy atom. The molecule has 0 saturated heterocycles. The molecule has 0 saturated carbocycles. The van der Waals surface area contributed by atoms with Crippen LogP contribution < -0.4 is 10.3 Å². The highest BCUT2D eigenvalue weighted by Crippen LogP contribution is 2.33. The molecule has 4 aromatic carbocycles. The van der Waals surface area contributed by atoms with Crippen LogP contribution in [0.25, 0.3) is 27.5 Å². The zero-order valence-corrected chi connectivity index (χ0v) is 20.8. The minimum absolute atomic E-state index is 0.0341. The number of aromatic nitrogens is 1. The van der Waals surface area contributed by atoms with Gasteiger partial charge in [-0.15, -0.1) is 0 Å². The molecule has 4 heteroatoms. The highest BCUT2D eigenvalue weighted by molar-refractivity contribution is 5.97. The molecule has 0 aliphatic rings. The van der Waals surface area contributed by atoms with Gasteiger partial charge in [-0.25, -0.2) is 0 Å². The van der Waals surface area contributed by atoms with Gasteiger partial charge in [0.2, 0.25) is 0 Å². The average Bonchev–Trinajstić information content (AvgIpc) is 2.90. The lowest BCUT2D eigenvalue weighted by molar-refractivity contribution is 0.558. The third-order valence-electron chi connectivity index (χ3n) is 6.13. The zero-order chi connectivity index (χ0) is 25.1. The number of hydrogen-bond acceptors (Lipinski definition) is 3. The highest BCUT2D eigenvalue weighted by Gasteiger charge is 2.17. The number of fused-ring (bicyclic) bond motifs is 2. The van der Waals surface area contributed by atoms with Gasteiger partial charge in [-0.3, -0.25) is 4.79 Å². The molecule has 0 bridgehead atoms. The van der Waals surface area contributed by atoms with Crippen LogP contribution in [0.4, 0.5) is 11.4 Å². The maximum Gasteiger partial charge on any atom is 0.197 e. The molecular weight excluding hydrogens is 442 g/mol. The van der Waals surface area contributed by atoms with Gasteiger partial charge in [0, 0.05) is 48.1 Å². The molecule has 0 aliphatic carbocycles. The van der Waals surface area contributed by atoms with Crippen LogP contribution >= 0.6 is 0 Å². The summed E-state index contributed by atoms with van der Waals surface area (Å²) >= 11 is 0. The molecule has 0 spiro atoms. The van der Waals surface area contributed by atoms with Gasteiger partial charge < -0.3 is 14.4 Å². The Hall–Kier alpha value is -4.57. The second kappa shape index (κ2) is 9.96. The van der Waals surface area contributed by atoms with Gasteiger partial charge in [-0.1, -0.05) is 54.6 Å². The largest absolute Gasteiger partial charge is 0.382 e. The summed E-state index contributed by atoms with van der Waals surface area (Å²) in [5, 5.41) is 1.38. The highest BCUT2D eigenvalue weighted by atomic mass is 16.1. The first-order valence-corrected chi connectivity index (χ1v) is 12.1. The first-order valence-electron chi connectivity index (χ1n) is 12.1. The van der Waals surface area contributed by atoms with Gasteiger partial charge >= 0.3 is 0 Å². The fraction of sp³-hybridized carbons (Fsp3) is 0.0938. The monoisotopic (exact) mass is 471 g/mol. The van der Waals surface area contributed by atoms with Gasteiger partial charge in [-0.05, 0) is 67.6 Å². The number of rotatable bonds is 6. The predicted octanol–water partition coefficient (Wildman–Crippen LogP) is 7.26. The van der Waals surface area contributed by atoms with Gasteiger partial charge in [0.15, 0.2) is 5.43 Å². The minimum Gasteiger partial charge on any atom is -0.382 e. The molecule has 4 nitrogen and oxygen atoms in total. The van der Waals surface area contributed by atoms with Crippen molar-refractivity contribution < 1.29 is 0 Å². The SMILES string of the molecule is CC=C/C(=C\N(C)C)N(c1ccccc1)c1ccc2c(c1)c(=O)c1ccccc1n2-c1ccccc1. The molecule has 0 N–H and O–H groups in total. The van der Waals surface area contributed by atoms with E-state index in [1.165, 1.54) is 0 Å². The first kappa shape index (κ1) is 23.2. The molecule has 5 aromatic rings. The minimum atomic E-state index is 0.0341. The predicted molar refractivity (Wildman–Crippen MR) is 152 cm³/mol. The maximum atomic E-state index is 13.8. The Labute approximate surface area is 211 Å². The van der Waals surface area contributed by atoms with Crippen molar-refractivity contribution in [2.45, 2.75) is 6.92 Å². The smallest absolute Gasteiger partial charge is 0.197 e. The topological polar surface area (TPSA) is 28.5 Å². The van der Waals surface area contributed by atoms with Crippen LogP contribution in [0.5, 0.6) is 0 Å². The van der Waals surface area contributed by atoms with Crippen LogP contribution in [0, 0.1) is 0 Å². The summed E-state index contributed by atoms with van der Waals surface area (Å²) in [7, 11) is 4.02. The van der Waals surface area contributed by atoms with E-state index in [0.29, 0.717) is 10.8 Å². The summed E-state index contributed by atoms with van der Waals surface area (Å²) in [6.07, 6.45) is 6.20. The number of para-hydroxylation sites is 3. The van der Waals surface area contributed by atoms with E-state index in [1.807, 2.05) is 98.7 Å². The summed E-state index contributed by atoms with van der Waals surface area (Å²) in [5.74, 6) is 0. The van der Waals surface area contributed by atoms with Crippen LogP contribution in [-0.2, 0) is 0 Å². The fourth-order valence-corrected chi connectivity index (χ4v) is 4.67. The van der Waals surface area contributed by atoms with Crippen LogP contribution in [0.2, 0.25) is 0 Å². The molecule has 1 aromatic heterocycles. The van der Waals surface area contributed by atoms with Crippen LogP contribution in [0.1, 0.15) is 6.92 Å². The molecule has 0 radical (unpaired) electrons. The van der Waals surface area contributed by atoms with E-state index in [9.17, 15) is 4.79 Å². The van der Waals surface area contributed by atoms with E-state index >= 15 is 0 Å². The van der Waals surface area contributed by atoms with Crippen molar-refractivity contribution in [3.8, 4) is 5.69 Å². The Morgan fingerprint density at radius 2 is 1.36 bits per heavy atom. The summed E-state index contributed by atoms with van der Waals surface area (Å²) in [6.45, 7) is 2.01. The van der Waals surface area contributed by atoms with E-state index in [2.05, 4.69) is 58.1 Å². The molecule has 0 atom stereocenters. The van der Waals surface area contributed by atoms with Gasteiger partial charge in [0.1, 0.15) is 0 Å². The van der Waals surface area contributed by atoms with Crippen LogP contribution in [-0.4, -0.2) is 23.6 Å². The molecular formula is C32H29N3O. The number of pyridine rings is 1. The number of nitrogens with zero attached hydrogens (tertiary/aromatic N) is 3. The molecule has 36 heavy (non-hydrogen) atoms. The number of benzene rings is 4. The lowest BCUT2D eigenvalue weighted by Gasteiger charge is -2.28. The zero-order valence-electron chi connectivity index (χ0n) is 20.8. The van der Waals surface area contributed by atoms with E-state index in [4.69, 9.17) is 0 Å². The number of anilines is 2. The lowest BCUT2D eigenvalue weighted by atomic mass is 10.1. The van der Waals surface area contributed by atoms with Gasteiger partial charge in [0.25, 0.3) is 0 Å². The van der Waals surface area contributed by atoms with E-state index in [-0.39, 0.29) is 5.43 Å². The Morgan fingerprint density at radius 3 is 2.06 bits per heavy atom. The van der Waals surface area contributed by atoms with E-state index in [1.54, 1.807) is 0 Å². The van der Waals surface area contributed by atoms with Crippen LogP contribution in [0.3, 0.4) is 0 Å². The number of allylic oxidation sites excluding steroid dienone is 2. The molecule has 178 valence electrons. The molecule has 0 aliphatic heterocycles. The molecule has 5 rings (SSSR count). The normalized spacial score (nSPS) is 11.9. The van der Waals surface area contributed by atoms with Crippen molar-refractivity contribution in [1.82, 2.24) is 9.47 Å². The standard InChI is InChI=1S/C32H29N3O/c1-4-13-27(23-33(2)3)34(24-14-7-5-8-15-24)26-20-21-31-29(22-26)32(36)28-18-11-12-19-30(28)35(31)25-16-9-6-10-17-25/h4-23H,1-3H3/b13-4?,27-23+. The van der Waals surface area contributed by atoms with Gasteiger partial charge in [-0.2, -0.15) is 0 Å². The summed E-state index contributed by atoms with van der Waals surface area (Å²) in [6, 6.07) is 34.4. The maximum absolute atomic E-state index is 13.8. The molecule has 0 unspecified atom stereocenters. The molecule has 1 heterocycles. The quantitative estimate of drug-likeness (QED) is 0.193.